The number of hydrogen-bond donors (Lipinski definition) is 2. The van der Waals surface area contributed by atoms with E-state index in [2.05, 4.69) is 15.6 Å². The fourth-order valence-electron chi connectivity index (χ4n) is 1.92. The zero-order valence-corrected chi connectivity index (χ0v) is 13.6. The molecule has 1 heterocycles. The summed E-state index contributed by atoms with van der Waals surface area (Å²) in [7, 11) is 4.50. The van der Waals surface area contributed by atoms with E-state index in [0.29, 0.717) is 28.6 Å². The molecule has 0 unspecified atom stereocenters. The highest BCUT2D eigenvalue weighted by atomic mass is 35.5. The maximum Gasteiger partial charge on any atom is 0.323 e. The number of urea groups is 1. The van der Waals surface area contributed by atoms with Gasteiger partial charge in [-0.1, -0.05) is 11.6 Å². The van der Waals surface area contributed by atoms with E-state index in [9.17, 15) is 4.79 Å². The molecule has 1 aromatic heterocycles. The summed E-state index contributed by atoms with van der Waals surface area (Å²) in [6, 6.07) is 6.07. The first-order valence-electron chi connectivity index (χ1n) is 6.57. The van der Waals surface area contributed by atoms with Crippen LogP contribution < -0.4 is 24.8 Å². The van der Waals surface area contributed by atoms with Crippen molar-refractivity contribution in [1.82, 2.24) is 4.98 Å². The number of aromatic nitrogens is 1. The molecule has 0 radical (unpaired) electrons. The van der Waals surface area contributed by atoms with Crippen molar-refractivity contribution in [3.63, 3.8) is 0 Å². The fourth-order valence-corrected chi connectivity index (χ4v) is 2.08. The lowest BCUT2D eigenvalue weighted by atomic mass is 10.2. The zero-order chi connectivity index (χ0) is 16.8. The second-order valence-electron chi connectivity index (χ2n) is 4.33. The van der Waals surface area contributed by atoms with Crippen molar-refractivity contribution >= 4 is 29.0 Å². The lowest BCUT2D eigenvalue weighted by molar-refractivity contribution is 0.262. The lowest BCUT2D eigenvalue weighted by Crippen LogP contribution is -2.19. The monoisotopic (exact) mass is 337 g/mol. The SMILES string of the molecule is COc1cc(NC(=O)Nc2cccnc2Cl)cc(OC)c1OC. The minimum atomic E-state index is -0.478. The highest BCUT2D eigenvalue weighted by Gasteiger charge is 2.15. The molecule has 8 heteroatoms. The quantitative estimate of drug-likeness (QED) is 0.817. The Morgan fingerprint density at radius 1 is 1.09 bits per heavy atom. The molecule has 1 aromatic carbocycles. The van der Waals surface area contributed by atoms with Crippen molar-refractivity contribution in [2.45, 2.75) is 0 Å². The number of amides is 2. The molecule has 0 spiro atoms. The van der Waals surface area contributed by atoms with E-state index < -0.39 is 6.03 Å². The van der Waals surface area contributed by atoms with E-state index in [1.807, 2.05) is 0 Å². The molecule has 0 aliphatic rings. The summed E-state index contributed by atoms with van der Waals surface area (Å²) in [6.45, 7) is 0. The highest BCUT2D eigenvalue weighted by molar-refractivity contribution is 6.32. The Balaban J connectivity index is 2.19. The van der Waals surface area contributed by atoms with E-state index in [-0.39, 0.29) is 5.15 Å². The number of methoxy groups -OCH3 is 3. The van der Waals surface area contributed by atoms with Gasteiger partial charge in [-0.05, 0) is 12.1 Å². The number of benzene rings is 1. The third-order valence-corrected chi connectivity index (χ3v) is 3.23. The van der Waals surface area contributed by atoms with Gasteiger partial charge in [0.25, 0.3) is 0 Å². The summed E-state index contributed by atoms with van der Waals surface area (Å²) in [5.41, 5.74) is 0.871. The smallest absolute Gasteiger partial charge is 0.323 e. The Bertz CT molecular complexity index is 684. The normalized spacial score (nSPS) is 9.91. The Morgan fingerprint density at radius 2 is 1.74 bits per heavy atom. The highest BCUT2D eigenvalue weighted by Crippen LogP contribution is 2.39. The van der Waals surface area contributed by atoms with Crippen molar-refractivity contribution in [3.05, 3.63) is 35.6 Å². The van der Waals surface area contributed by atoms with Gasteiger partial charge in [-0.25, -0.2) is 9.78 Å². The van der Waals surface area contributed by atoms with E-state index in [0.717, 1.165) is 0 Å². The molecule has 0 fully saturated rings. The average Bonchev–Trinajstić information content (AvgIpc) is 2.55. The first-order chi connectivity index (χ1) is 11.1. The maximum absolute atomic E-state index is 12.1. The third-order valence-electron chi connectivity index (χ3n) is 2.93. The predicted molar refractivity (Wildman–Crippen MR) is 88.0 cm³/mol. The number of carbonyl (C=O) groups is 1. The van der Waals surface area contributed by atoms with Gasteiger partial charge in [0, 0.05) is 18.3 Å². The topological polar surface area (TPSA) is 81.7 Å². The predicted octanol–water partition coefficient (Wildman–Crippen LogP) is 3.40. The first-order valence-corrected chi connectivity index (χ1v) is 6.95. The van der Waals surface area contributed by atoms with Crippen molar-refractivity contribution in [1.29, 1.82) is 0 Å². The summed E-state index contributed by atoms with van der Waals surface area (Å²) < 4.78 is 15.7. The second kappa shape index (κ2) is 7.55. The number of pyridine rings is 1. The molecular formula is C15H16ClN3O4. The molecule has 0 saturated carbocycles. The van der Waals surface area contributed by atoms with Crippen LogP contribution in [0, 0.1) is 0 Å². The molecule has 0 atom stereocenters. The summed E-state index contributed by atoms with van der Waals surface area (Å²) in [6.07, 6.45) is 1.53. The summed E-state index contributed by atoms with van der Waals surface area (Å²) in [5, 5.41) is 5.47. The van der Waals surface area contributed by atoms with E-state index >= 15 is 0 Å². The maximum atomic E-state index is 12.1. The van der Waals surface area contributed by atoms with Crippen LogP contribution in [0.5, 0.6) is 17.2 Å². The molecular weight excluding hydrogens is 322 g/mol. The van der Waals surface area contributed by atoms with E-state index in [1.54, 1.807) is 24.3 Å². The van der Waals surface area contributed by atoms with Gasteiger partial charge < -0.3 is 24.8 Å². The molecule has 23 heavy (non-hydrogen) atoms. The molecule has 2 aromatic rings. The fraction of sp³-hybridized carbons (Fsp3) is 0.200. The largest absolute Gasteiger partial charge is 0.493 e. The van der Waals surface area contributed by atoms with Crippen LogP contribution in [0.15, 0.2) is 30.5 Å². The van der Waals surface area contributed by atoms with Crippen LogP contribution in [0.2, 0.25) is 5.15 Å². The van der Waals surface area contributed by atoms with Gasteiger partial charge in [-0.15, -0.1) is 0 Å². The first kappa shape index (κ1) is 16.7. The van der Waals surface area contributed by atoms with Gasteiger partial charge in [0.15, 0.2) is 16.7 Å². The third kappa shape index (κ3) is 3.95. The number of rotatable bonds is 5. The van der Waals surface area contributed by atoms with Crippen LogP contribution in [0.3, 0.4) is 0 Å². The number of halogens is 1. The Kier molecular flexibility index (Phi) is 5.48. The van der Waals surface area contributed by atoms with E-state index in [1.165, 1.54) is 27.5 Å². The van der Waals surface area contributed by atoms with E-state index in [4.69, 9.17) is 25.8 Å². The molecule has 0 aliphatic carbocycles. The van der Waals surface area contributed by atoms with Crippen molar-refractivity contribution in [2.75, 3.05) is 32.0 Å². The number of carbonyl (C=O) groups excluding carboxylic acids is 1. The van der Waals surface area contributed by atoms with Gasteiger partial charge >= 0.3 is 6.03 Å². The molecule has 2 rings (SSSR count). The molecule has 2 N–H and O–H groups in total. The number of nitrogens with zero attached hydrogens (tertiary/aromatic N) is 1. The number of ether oxygens (including phenoxy) is 3. The minimum absolute atomic E-state index is 0.201. The van der Waals surface area contributed by atoms with Crippen LogP contribution in [0.4, 0.5) is 16.2 Å². The van der Waals surface area contributed by atoms with Crippen molar-refractivity contribution in [2.24, 2.45) is 0 Å². The standard InChI is InChI=1S/C15H16ClN3O4/c1-21-11-7-9(8-12(22-2)13(11)23-3)18-15(20)19-10-5-4-6-17-14(10)16/h4-8H,1-3H3,(H2,18,19,20). The lowest BCUT2D eigenvalue weighted by Gasteiger charge is -2.15. The number of anilines is 2. The van der Waals surface area contributed by atoms with Gasteiger partial charge in [0.1, 0.15) is 0 Å². The molecule has 2 amide bonds. The molecule has 7 nitrogen and oxygen atoms in total. The number of hydrogen-bond acceptors (Lipinski definition) is 5. The van der Waals surface area contributed by atoms with Crippen LogP contribution in [0.1, 0.15) is 0 Å². The second-order valence-corrected chi connectivity index (χ2v) is 4.69. The van der Waals surface area contributed by atoms with Gasteiger partial charge in [-0.2, -0.15) is 0 Å². The van der Waals surface area contributed by atoms with Gasteiger partial charge in [0.2, 0.25) is 5.75 Å². The number of nitrogens with one attached hydrogen (secondary N) is 2. The molecule has 0 saturated heterocycles. The van der Waals surface area contributed by atoms with Gasteiger partial charge in [0.05, 0.1) is 32.7 Å². The average molecular weight is 338 g/mol. The van der Waals surface area contributed by atoms with Crippen LogP contribution in [-0.2, 0) is 0 Å². The Labute approximate surface area is 138 Å². The molecule has 0 bridgehead atoms. The Morgan fingerprint density at radius 3 is 2.26 bits per heavy atom. The van der Waals surface area contributed by atoms with Crippen LogP contribution in [0.25, 0.3) is 0 Å². The zero-order valence-electron chi connectivity index (χ0n) is 12.8. The summed E-state index contributed by atoms with van der Waals surface area (Å²) in [5.74, 6) is 1.30. The Hall–Kier alpha value is -2.67. The van der Waals surface area contributed by atoms with Crippen LogP contribution >= 0.6 is 11.6 Å². The molecule has 122 valence electrons. The van der Waals surface area contributed by atoms with Crippen LogP contribution in [-0.4, -0.2) is 32.3 Å². The van der Waals surface area contributed by atoms with Crippen molar-refractivity contribution in [3.8, 4) is 17.2 Å². The van der Waals surface area contributed by atoms with Gasteiger partial charge in [-0.3, -0.25) is 0 Å². The van der Waals surface area contributed by atoms with Crippen molar-refractivity contribution < 1.29 is 19.0 Å². The minimum Gasteiger partial charge on any atom is -0.493 e. The molecule has 0 aliphatic heterocycles. The summed E-state index contributed by atoms with van der Waals surface area (Å²) >= 11 is 5.90. The summed E-state index contributed by atoms with van der Waals surface area (Å²) in [4.78, 5) is 15.9.